The molecule has 0 radical (unpaired) electrons. The summed E-state index contributed by atoms with van der Waals surface area (Å²) < 4.78 is 28.1. The van der Waals surface area contributed by atoms with Gasteiger partial charge in [0.25, 0.3) is 15.9 Å². The summed E-state index contributed by atoms with van der Waals surface area (Å²) in [4.78, 5) is 25.4. The number of nitrogens with one attached hydrogen (secondary N) is 1. The predicted octanol–water partition coefficient (Wildman–Crippen LogP) is 3.59. The number of sulfonamides is 1. The van der Waals surface area contributed by atoms with Crippen molar-refractivity contribution in [2.75, 3.05) is 16.6 Å². The van der Waals surface area contributed by atoms with Gasteiger partial charge in [0.2, 0.25) is 5.91 Å². The first kappa shape index (κ1) is 24.6. The molecule has 0 aromatic heterocycles. The number of rotatable bonds is 8. The second-order valence-corrected chi connectivity index (χ2v) is 11.0. The number of phenols is 1. The summed E-state index contributed by atoms with van der Waals surface area (Å²) in [6, 6.07) is 21.6. The Morgan fingerprint density at radius 1 is 1.06 bits per heavy atom. The van der Waals surface area contributed by atoms with Crippen LogP contribution in [0.25, 0.3) is 0 Å². The van der Waals surface area contributed by atoms with E-state index < -0.39 is 21.3 Å². The van der Waals surface area contributed by atoms with Crippen LogP contribution in [0, 0.1) is 6.92 Å². The number of benzene rings is 3. The molecule has 0 spiro atoms. The molecular weight excluding hydrogens is 486 g/mol. The number of aromatic hydroxyl groups is 1. The number of hydrazine groups is 1. The highest BCUT2D eigenvalue weighted by atomic mass is 32.2. The van der Waals surface area contributed by atoms with Gasteiger partial charge in [-0.1, -0.05) is 48.0 Å². The maximum atomic E-state index is 13.4. The highest BCUT2D eigenvalue weighted by Gasteiger charge is 2.34. The van der Waals surface area contributed by atoms with Crippen LogP contribution >= 0.6 is 11.8 Å². The molecule has 1 unspecified atom stereocenters. The van der Waals surface area contributed by atoms with E-state index in [0.717, 1.165) is 11.1 Å². The molecule has 1 heterocycles. The van der Waals surface area contributed by atoms with E-state index in [1.165, 1.54) is 33.2 Å². The molecule has 0 saturated carbocycles. The smallest absolute Gasteiger partial charge is 0.264 e. The van der Waals surface area contributed by atoms with Crippen LogP contribution in [0.4, 0.5) is 5.69 Å². The molecule has 1 atom stereocenters. The molecule has 4 rings (SSSR count). The van der Waals surface area contributed by atoms with Gasteiger partial charge in [-0.05, 0) is 48.9 Å². The van der Waals surface area contributed by atoms with Crippen molar-refractivity contribution in [3.8, 4) is 5.75 Å². The third-order valence-corrected chi connectivity index (χ3v) is 8.54. The Labute approximate surface area is 208 Å². The number of carbonyl (C=O) groups is 2. The van der Waals surface area contributed by atoms with Crippen LogP contribution in [-0.4, -0.2) is 42.6 Å². The fourth-order valence-electron chi connectivity index (χ4n) is 3.64. The molecule has 1 aliphatic heterocycles. The third kappa shape index (κ3) is 5.60. The summed E-state index contributed by atoms with van der Waals surface area (Å²) >= 11 is 1.36. The van der Waals surface area contributed by atoms with E-state index in [1.807, 2.05) is 6.92 Å². The molecule has 182 valence electrons. The predicted molar refractivity (Wildman–Crippen MR) is 135 cm³/mol. The minimum absolute atomic E-state index is 0.106. The first-order chi connectivity index (χ1) is 16.8. The molecule has 3 aromatic carbocycles. The minimum atomic E-state index is -3.92. The maximum Gasteiger partial charge on any atom is 0.264 e. The van der Waals surface area contributed by atoms with Crippen LogP contribution in [0.15, 0.2) is 83.8 Å². The van der Waals surface area contributed by atoms with Crippen LogP contribution in [-0.2, 0) is 19.6 Å². The van der Waals surface area contributed by atoms with E-state index >= 15 is 0 Å². The van der Waals surface area contributed by atoms with Gasteiger partial charge in [0, 0.05) is 13.0 Å². The average Bonchev–Trinajstić information content (AvgIpc) is 3.20. The summed E-state index contributed by atoms with van der Waals surface area (Å²) in [6.45, 7) is 1.77. The van der Waals surface area contributed by atoms with Gasteiger partial charge in [0.1, 0.15) is 11.1 Å². The van der Waals surface area contributed by atoms with Crippen molar-refractivity contribution in [1.82, 2.24) is 10.4 Å². The average molecular weight is 512 g/mol. The van der Waals surface area contributed by atoms with E-state index in [2.05, 4.69) is 5.43 Å². The van der Waals surface area contributed by atoms with Crippen molar-refractivity contribution in [3.05, 3.63) is 90.0 Å². The number of para-hydroxylation sites is 1. The van der Waals surface area contributed by atoms with Gasteiger partial charge in [0.15, 0.2) is 0 Å². The lowest BCUT2D eigenvalue weighted by atomic mass is 10.2. The number of hydrogen-bond donors (Lipinski definition) is 2. The quantitative estimate of drug-likeness (QED) is 0.479. The van der Waals surface area contributed by atoms with E-state index in [4.69, 9.17) is 0 Å². The lowest BCUT2D eigenvalue weighted by Crippen LogP contribution is -2.45. The monoisotopic (exact) mass is 511 g/mol. The Morgan fingerprint density at radius 2 is 1.71 bits per heavy atom. The summed E-state index contributed by atoms with van der Waals surface area (Å²) in [7, 11) is -3.92. The number of aryl methyl sites for hydroxylation is 1. The van der Waals surface area contributed by atoms with Gasteiger partial charge in [-0.15, -0.1) is 11.8 Å². The summed E-state index contributed by atoms with van der Waals surface area (Å²) in [5.74, 6) is -0.434. The van der Waals surface area contributed by atoms with Gasteiger partial charge in [-0.2, -0.15) is 0 Å². The molecule has 8 nitrogen and oxygen atoms in total. The second-order valence-electron chi connectivity index (χ2n) is 8.03. The largest absolute Gasteiger partial charge is 0.508 e. The normalized spacial score (nSPS) is 15.7. The summed E-state index contributed by atoms with van der Waals surface area (Å²) in [6.07, 6.45) is -0.156. The lowest BCUT2D eigenvalue weighted by Gasteiger charge is -2.27. The summed E-state index contributed by atoms with van der Waals surface area (Å²) in [5.41, 5.74) is 4.77. The van der Waals surface area contributed by atoms with E-state index in [9.17, 15) is 23.1 Å². The SMILES string of the molecule is Cc1ccc(S(=O)(=O)N(CCC(=O)NN2C(=O)CSC2c2ccc(O)cc2)c2ccccc2)cc1. The zero-order valence-corrected chi connectivity index (χ0v) is 20.6. The topological polar surface area (TPSA) is 107 Å². The van der Waals surface area contributed by atoms with E-state index in [0.29, 0.717) is 5.69 Å². The maximum absolute atomic E-state index is 13.4. The number of amides is 2. The second kappa shape index (κ2) is 10.4. The molecule has 0 aliphatic carbocycles. The Morgan fingerprint density at radius 3 is 2.37 bits per heavy atom. The molecule has 1 saturated heterocycles. The van der Waals surface area contributed by atoms with Gasteiger partial charge < -0.3 is 5.11 Å². The van der Waals surface area contributed by atoms with Crippen LogP contribution in [0.2, 0.25) is 0 Å². The van der Waals surface area contributed by atoms with Crippen molar-refractivity contribution in [2.24, 2.45) is 0 Å². The number of nitrogens with zero attached hydrogens (tertiary/aromatic N) is 2. The van der Waals surface area contributed by atoms with Gasteiger partial charge >= 0.3 is 0 Å². The lowest BCUT2D eigenvalue weighted by molar-refractivity contribution is -0.139. The molecule has 0 bridgehead atoms. The minimum Gasteiger partial charge on any atom is -0.508 e. The van der Waals surface area contributed by atoms with Gasteiger partial charge in [-0.3, -0.25) is 19.3 Å². The first-order valence-electron chi connectivity index (χ1n) is 10.9. The van der Waals surface area contributed by atoms with Crippen molar-refractivity contribution in [2.45, 2.75) is 23.6 Å². The van der Waals surface area contributed by atoms with Gasteiger partial charge in [0.05, 0.1) is 16.3 Å². The molecule has 10 heteroatoms. The Hall–Kier alpha value is -3.50. The van der Waals surface area contributed by atoms with Crippen molar-refractivity contribution >= 4 is 39.3 Å². The van der Waals surface area contributed by atoms with E-state index in [-0.39, 0.29) is 35.3 Å². The van der Waals surface area contributed by atoms with Crippen LogP contribution < -0.4 is 9.73 Å². The highest BCUT2D eigenvalue weighted by Crippen LogP contribution is 2.37. The standard InChI is InChI=1S/C25H25N3O5S2/c1-18-7-13-22(14-8-18)35(32,33)27(20-5-3-2-4-6-20)16-15-23(30)26-28-24(31)17-34-25(28)19-9-11-21(29)12-10-19/h2-14,25,29H,15-17H2,1H3,(H,26,30). The fourth-order valence-corrected chi connectivity index (χ4v) is 6.22. The molecule has 2 N–H and O–H groups in total. The molecule has 35 heavy (non-hydrogen) atoms. The zero-order chi connectivity index (χ0) is 25.0. The number of carbonyl (C=O) groups excluding carboxylic acids is 2. The van der Waals surface area contributed by atoms with Gasteiger partial charge in [-0.25, -0.2) is 13.4 Å². The van der Waals surface area contributed by atoms with Crippen molar-refractivity contribution in [1.29, 1.82) is 0 Å². The molecule has 1 aliphatic rings. The third-order valence-electron chi connectivity index (χ3n) is 5.49. The Balaban J connectivity index is 1.50. The number of thioether (sulfide) groups is 1. The number of anilines is 1. The molecule has 3 aromatic rings. The van der Waals surface area contributed by atoms with Crippen LogP contribution in [0.3, 0.4) is 0 Å². The Bertz CT molecular complexity index is 1300. The zero-order valence-electron chi connectivity index (χ0n) is 19.0. The molecule has 1 fully saturated rings. The van der Waals surface area contributed by atoms with Crippen molar-refractivity contribution in [3.63, 3.8) is 0 Å². The fraction of sp³-hybridized carbons (Fsp3) is 0.200. The number of phenolic OH excluding ortho intramolecular Hbond substituents is 1. The van der Waals surface area contributed by atoms with Crippen LogP contribution in [0.1, 0.15) is 22.9 Å². The molecular formula is C25H25N3O5S2. The van der Waals surface area contributed by atoms with Crippen molar-refractivity contribution < 1.29 is 23.1 Å². The first-order valence-corrected chi connectivity index (χ1v) is 13.4. The Kier molecular flexibility index (Phi) is 7.32. The van der Waals surface area contributed by atoms with Crippen LogP contribution in [0.5, 0.6) is 5.75 Å². The summed E-state index contributed by atoms with van der Waals surface area (Å²) in [5, 5.41) is 10.4. The van der Waals surface area contributed by atoms with E-state index in [1.54, 1.807) is 66.7 Å². The highest BCUT2D eigenvalue weighted by molar-refractivity contribution is 8.00. The number of hydrogen-bond acceptors (Lipinski definition) is 6. The molecule has 2 amide bonds.